The van der Waals surface area contributed by atoms with E-state index in [1.54, 1.807) is 0 Å². The van der Waals surface area contributed by atoms with Gasteiger partial charge in [0, 0.05) is 12.2 Å². The lowest BCUT2D eigenvalue weighted by Crippen LogP contribution is -2.30. The molecule has 4 nitrogen and oxygen atoms in total. The van der Waals surface area contributed by atoms with Gasteiger partial charge in [0.1, 0.15) is 5.75 Å². The highest BCUT2D eigenvalue weighted by Gasteiger charge is 2.16. The minimum Gasteiger partial charge on any atom is -0.494 e. The Balaban J connectivity index is 2.03. The molecule has 28 heavy (non-hydrogen) atoms. The van der Waals surface area contributed by atoms with Crippen molar-refractivity contribution >= 4 is 11.6 Å². The molecule has 1 amide bonds. The second-order valence-electron chi connectivity index (χ2n) is 7.92. The quantitative estimate of drug-likeness (QED) is 0.631. The number of benzene rings is 2. The van der Waals surface area contributed by atoms with Gasteiger partial charge in [-0.15, -0.1) is 0 Å². The average molecular weight is 383 g/mol. The van der Waals surface area contributed by atoms with E-state index in [-0.39, 0.29) is 5.91 Å². The first-order chi connectivity index (χ1) is 13.3. The van der Waals surface area contributed by atoms with Crippen LogP contribution in [0.1, 0.15) is 63.1 Å². The molecule has 4 heteroatoms. The third kappa shape index (κ3) is 6.10. The Morgan fingerprint density at radius 3 is 2.07 bits per heavy atom. The summed E-state index contributed by atoms with van der Waals surface area (Å²) in [6.07, 6.45) is 0. The van der Waals surface area contributed by atoms with Crippen LogP contribution in [0.2, 0.25) is 0 Å². The van der Waals surface area contributed by atoms with Crippen LogP contribution in [0, 0.1) is 0 Å². The van der Waals surface area contributed by atoms with Gasteiger partial charge in [0.25, 0.3) is 0 Å². The fourth-order valence-electron chi connectivity index (χ4n) is 3.34. The van der Waals surface area contributed by atoms with Gasteiger partial charge in [-0.05, 0) is 54.6 Å². The maximum Gasteiger partial charge on any atom is 0.238 e. The molecule has 0 aliphatic carbocycles. The SMILES string of the molecule is CCOc1ccc(CN(C)CC(=O)Nc2c(C(C)C)cccc2C(C)C)cc1. The summed E-state index contributed by atoms with van der Waals surface area (Å²) < 4.78 is 5.48. The van der Waals surface area contributed by atoms with E-state index in [9.17, 15) is 4.79 Å². The number of rotatable bonds is 9. The van der Waals surface area contributed by atoms with Gasteiger partial charge in [0.15, 0.2) is 0 Å². The Labute approximate surface area is 169 Å². The molecule has 0 aromatic heterocycles. The van der Waals surface area contributed by atoms with Gasteiger partial charge in [-0.25, -0.2) is 0 Å². The maximum atomic E-state index is 12.7. The van der Waals surface area contributed by atoms with Crippen LogP contribution < -0.4 is 10.1 Å². The molecule has 0 atom stereocenters. The second-order valence-corrected chi connectivity index (χ2v) is 7.92. The molecule has 2 rings (SSSR count). The van der Waals surface area contributed by atoms with Crippen LogP contribution in [-0.4, -0.2) is 31.0 Å². The van der Waals surface area contributed by atoms with E-state index in [4.69, 9.17) is 4.74 Å². The van der Waals surface area contributed by atoms with Gasteiger partial charge in [0.05, 0.1) is 13.2 Å². The highest BCUT2D eigenvalue weighted by atomic mass is 16.5. The number of hydrogen-bond donors (Lipinski definition) is 1. The molecule has 2 aromatic rings. The van der Waals surface area contributed by atoms with Gasteiger partial charge in [0.2, 0.25) is 5.91 Å². The number of ether oxygens (including phenoxy) is 1. The number of carbonyl (C=O) groups is 1. The van der Waals surface area contributed by atoms with Crippen molar-refractivity contribution in [1.82, 2.24) is 4.90 Å². The predicted octanol–water partition coefficient (Wildman–Crippen LogP) is 5.40. The highest BCUT2D eigenvalue weighted by Crippen LogP contribution is 2.32. The van der Waals surface area contributed by atoms with Crippen molar-refractivity contribution < 1.29 is 9.53 Å². The molecule has 0 fully saturated rings. The fraction of sp³-hybridized carbons (Fsp3) is 0.458. The number of amides is 1. The molecule has 0 saturated heterocycles. The maximum absolute atomic E-state index is 12.7. The van der Waals surface area contributed by atoms with E-state index in [2.05, 4.69) is 51.2 Å². The zero-order valence-electron chi connectivity index (χ0n) is 18.1. The Kier molecular flexibility index (Phi) is 8.06. The van der Waals surface area contributed by atoms with Crippen molar-refractivity contribution in [2.45, 2.75) is 53.0 Å². The number of hydrogen-bond acceptors (Lipinski definition) is 3. The summed E-state index contributed by atoms with van der Waals surface area (Å²) in [6.45, 7) is 12.3. The van der Waals surface area contributed by atoms with E-state index >= 15 is 0 Å². The molecule has 0 spiro atoms. The monoisotopic (exact) mass is 382 g/mol. The number of nitrogens with one attached hydrogen (secondary N) is 1. The van der Waals surface area contributed by atoms with Crippen molar-refractivity contribution in [1.29, 1.82) is 0 Å². The summed E-state index contributed by atoms with van der Waals surface area (Å²) in [5.41, 5.74) is 4.51. The van der Waals surface area contributed by atoms with Crippen LogP contribution in [-0.2, 0) is 11.3 Å². The molecule has 1 N–H and O–H groups in total. The Morgan fingerprint density at radius 1 is 1.00 bits per heavy atom. The molecule has 152 valence electrons. The number of para-hydroxylation sites is 1. The first-order valence-electron chi connectivity index (χ1n) is 10.1. The van der Waals surface area contributed by atoms with Crippen molar-refractivity contribution in [3.8, 4) is 5.75 Å². The Morgan fingerprint density at radius 2 is 1.57 bits per heavy atom. The van der Waals surface area contributed by atoms with E-state index in [0.717, 1.165) is 17.0 Å². The molecular weight excluding hydrogens is 348 g/mol. The van der Waals surface area contributed by atoms with E-state index < -0.39 is 0 Å². The van der Waals surface area contributed by atoms with Gasteiger partial charge in [-0.3, -0.25) is 9.69 Å². The second kappa shape index (κ2) is 10.3. The predicted molar refractivity (Wildman–Crippen MR) is 117 cm³/mol. The van der Waals surface area contributed by atoms with E-state index in [1.807, 2.05) is 43.1 Å². The molecule has 0 radical (unpaired) electrons. The molecule has 0 saturated carbocycles. The molecule has 0 aliphatic rings. The number of nitrogens with zero attached hydrogens (tertiary/aromatic N) is 1. The van der Waals surface area contributed by atoms with Crippen LogP contribution in [0.15, 0.2) is 42.5 Å². The molecule has 0 heterocycles. The number of anilines is 1. The summed E-state index contributed by atoms with van der Waals surface area (Å²) in [6, 6.07) is 14.3. The van der Waals surface area contributed by atoms with E-state index in [0.29, 0.717) is 31.5 Å². The molecule has 0 aliphatic heterocycles. The highest BCUT2D eigenvalue weighted by molar-refractivity contribution is 5.94. The van der Waals surface area contributed by atoms with Gasteiger partial charge >= 0.3 is 0 Å². The Bertz CT molecular complexity index is 740. The lowest BCUT2D eigenvalue weighted by molar-refractivity contribution is -0.117. The molecular formula is C24H34N2O2. The average Bonchev–Trinajstić information content (AvgIpc) is 2.63. The normalized spacial score (nSPS) is 11.3. The lowest BCUT2D eigenvalue weighted by atomic mass is 9.92. The lowest BCUT2D eigenvalue weighted by Gasteiger charge is -2.22. The van der Waals surface area contributed by atoms with Gasteiger partial charge < -0.3 is 10.1 Å². The fourth-order valence-corrected chi connectivity index (χ4v) is 3.34. The minimum absolute atomic E-state index is 0.0171. The largest absolute Gasteiger partial charge is 0.494 e. The van der Waals surface area contributed by atoms with Gasteiger partial charge in [-0.2, -0.15) is 0 Å². The summed E-state index contributed by atoms with van der Waals surface area (Å²) >= 11 is 0. The van der Waals surface area contributed by atoms with E-state index in [1.165, 1.54) is 11.1 Å². The summed E-state index contributed by atoms with van der Waals surface area (Å²) in [7, 11) is 1.97. The van der Waals surface area contributed by atoms with Crippen LogP contribution in [0.3, 0.4) is 0 Å². The first-order valence-corrected chi connectivity index (χ1v) is 10.1. The van der Waals surface area contributed by atoms with Crippen molar-refractivity contribution in [3.05, 3.63) is 59.2 Å². The third-order valence-corrected chi connectivity index (χ3v) is 4.74. The molecule has 0 unspecified atom stereocenters. The van der Waals surface area contributed by atoms with Crippen LogP contribution in [0.4, 0.5) is 5.69 Å². The standard InChI is InChI=1S/C24H34N2O2/c1-7-28-20-13-11-19(12-14-20)15-26(6)16-23(27)25-24-21(17(2)3)9-8-10-22(24)18(4)5/h8-14,17-18H,7,15-16H2,1-6H3,(H,25,27). The van der Waals surface area contributed by atoms with Crippen LogP contribution in [0.5, 0.6) is 5.75 Å². The van der Waals surface area contributed by atoms with Crippen LogP contribution >= 0.6 is 0 Å². The summed E-state index contributed by atoms with van der Waals surface area (Å²) in [5.74, 6) is 1.60. The zero-order chi connectivity index (χ0) is 20.7. The summed E-state index contributed by atoms with van der Waals surface area (Å²) in [5, 5.41) is 3.18. The minimum atomic E-state index is 0.0171. The topological polar surface area (TPSA) is 41.6 Å². The third-order valence-electron chi connectivity index (χ3n) is 4.74. The number of carbonyl (C=O) groups excluding carboxylic acids is 1. The van der Waals surface area contributed by atoms with Crippen LogP contribution in [0.25, 0.3) is 0 Å². The molecule has 2 aromatic carbocycles. The number of likely N-dealkylation sites (N-methyl/N-ethyl adjacent to an activating group) is 1. The van der Waals surface area contributed by atoms with Crippen molar-refractivity contribution in [3.63, 3.8) is 0 Å². The van der Waals surface area contributed by atoms with Crippen molar-refractivity contribution in [2.24, 2.45) is 0 Å². The Hall–Kier alpha value is -2.33. The molecule has 0 bridgehead atoms. The zero-order valence-corrected chi connectivity index (χ0v) is 18.1. The first kappa shape index (κ1) is 22.0. The van der Waals surface area contributed by atoms with Gasteiger partial charge in [-0.1, -0.05) is 58.0 Å². The summed E-state index contributed by atoms with van der Waals surface area (Å²) in [4.78, 5) is 14.8. The van der Waals surface area contributed by atoms with Crippen molar-refractivity contribution in [2.75, 3.05) is 25.5 Å². The smallest absolute Gasteiger partial charge is 0.238 e.